The third kappa shape index (κ3) is 8.89. The molecule has 4 aromatic rings. The van der Waals surface area contributed by atoms with Gasteiger partial charge in [0.15, 0.2) is 0 Å². The molecular weight excluding hydrogens is 568 g/mol. The molecule has 42 heavy (non-hydrogen) atoms. The maximum Gasteiger partial charge on any atom is 0.339 e. The van der Waals surface area contributed by atoms with Crippen LogP contribution < -0.4 is 0 Å². The zero-order valence-corrected chi connectivity index (χ0v) is 22.8. The topological polar surface area (TPSA) is 157 Å². The molecule has 0 amide bonds. The first kappa shape index (κ1) is 31.3. The van der Waals surface area contributed by atoms with E-state index in [1.165, 1.54) is 73.8 Å². The van der Waals surface area contributed by atoms with Gasteiger partial charge in [-0.1, -0.05) is 0 Å². The van der Waals surface area contributed by atoms with Crippen LogP contribution >= 0.6 is 12.4 Å². The molecule has 0 spiro atoms. The Kier molecular flexibility index (Phi) is 11.6. The predicted octanol–water partition coefficient (Wildman–Crippen LogP) is 3.40. The van der Waals surface area contributed by atoms with Crippen LogP contribution in [0.1, 0.15) is 41.4 Å². The van der Waals surface area contributed by atoms with Gasteiger partial charge in [-0.05, 0) is 48.5 Å². The second kappa shape index (κ2) is 15.5. The number of hydrogen-bond acceptors (Lipinski definition) is 12. The summed E-state index contributed by atoms with van der Waals surface area (Å²) in [4.78, 5) is 66.7. The number of pyridine rings is 4. The summed E-state index contributed by atoms with van der Waals surface area (Å²) in [5.41, 5.74) is -0.866. The first-order chi connectivity index (χ1) is 20.0. The lowest BCUT2D eigenvalue weighted by molar-refractivity contribution is -0.0642. The molecule has 13 heteroatoms. The number of ether oxygens (including phenoxy) is 4. The molecule has 0 fully saturated rings. The van der Waals surface area contributed by atoms with E-state index in [1.54, 1.807) is 24.3 Å². The van der Waals surface area contributed by atoms with Crippen molar-refractivity contribution in [2.75, 3.05) is 26.4 Å². The summed E-state index contributed by atoms with van der Waals surface area (Å²) >= 11 is 0. The van der Waals surface area contributed by atoms with Gasteiger partial charge in [0.05, 0.1) is 22.3 Å². The smallest absolute Gasteiger partial charge is 0.339 e. The third-order valence-electron chi connectivity index (χ3n) is 5.63. The zero-order valence-electron chi connectivity index (χ0n) is 22.0. The number of rotatable bonds is 12. The van der Waals surface area contributed by atoms with E-state index in [2.05, 4.69) is 19.9 Å². The van der Waals surface area contributed by atoms with Crippen molar-refractivity contribution in [3.05, 3.63) is 120 Å². The van der Waals surface area contributed by atoms with Gasteiger partial charge in [-0.25, -0.2) is 19.2 Å². The van der Waals surface area contributed by atoms with E-state index in [9.17, 15) is 19.2 Å². The first-order valence-electron chi connectivity index (χ1n) is 12.2. The van der Waals surface area contributed by atoms with Crippen LogP contribution in [-0.4, -0.2) is 70.2 Å². The van der Waals surface area contributed by atoms with E-state index >= 15 is 0 Å². The third-order valence-corrected chi connectivity index (χ3v) is 5.63. The van der Waals surface area contributed by atoms with E-state index in [0.29, 0.717) is 0 Å². The number of carbonyl (C=O) groups excluding carboxylic acids is 4. The molecule has 12 nitrogen and oxygen atoms in total. The Morgan fingerprint density at radius 3 is 0.905 bits per heavy atom. The predicted molar refractivity (Wildman–Crippen MR) is 148 cm³/mol. The molecule has 0 aliphatic rings. The summed E-state index contributed by atoms with van der Waals surface area (Å²) in [5, 5.41) is 0. The highest BCUT2D eigenvalue weighted by Crippen LogP contribution is 2.24. The highest BCUT2D eigenvalue weighted by atomic mass is 35.5. The van der Waals surface area contributed by atoms with Crippen molar-refractivity contribution in [3.8, 4) is 0 Å². The molecule has 0 unspecified atom stereocenters. The molecule has 0 N–H and O–H groups in total. The van der Waals surface area contributed by atoms with E-state index in [4.69, 9.17) is 18.9 Å². The number of esters is 4. The summed E-state index contributed by atoms with van der Waals surface area (Å²) in [6.45, 7) is -1.83. The Labute approximate surface area is 246 Å². The van der Waals surface area contributed by atoms with Crippen LogP contribution in [0, 0.1) is 5.41 Å². The minimum Gasteiger partial charge on any atom is -0.461 e. The van der Waals surface area contributed by atoms with Crippen LogP contribution in [0.25, 0.3) is 0 Å². The molecule has 4 rings (SSSR count). The lowest BCUT2D eigenvalue weighted by Gasteiger charge is -2.31. The average Bonchev–Trinajstić information content (AvgIpc) is 3.05. The Morgan fingerprint density at radius 1 is 0.476 bits per heavy atom. The van der Waals surface area contributed by atoms with Gasteiger partial charge in [-0.2, -0.15) is 0 Å². The molecular formula is C29H25ClN4O8. The van der Waals surface area contributed by atoms with Crippen molar-refractivity contribution in [1.29, 1.82) is 0 Å². The molecule has 0 aliphatic heterocycles. The molecule has 0 aromatic carbocycles. The number of aromatic nitrogens is 4. The van der Waals surface area contributed by atoms with Crippen LogP contribution in [-0.2, 0) is 18.9 Å². The molecule has 0 bridgehead atoms. The maximum atomic E-state index is 12.8. The highest BCUT2D eigenvalue weighted by Gasteiger charge is 2.38. The van der Waals surface area contributed by atoms with Crippen molar-refractivity contribution in [3.63, 3.8) is 0 Å². The minimum atomic E-state index is -1.51. The Hall–Kier alpha value is -5.23. The number of nitrogens with zero attached hydrogens (tertiary/aromatic N) is 4. The van der Waals surface area contributed by atoms with Gasteiger partial charge in [0.1, 0.15) is 31.8 Å². The van der Waals surface area contributed by atoms with Gasteiger partial charge < -0.3 is 18.9 Å². The molecule has 216 valence electrons. The largest absolute Gasteiger partial charge is 0.461 e. The summed E-state index contributed by atoms with van der Waals surface area (Å²) < 4.78 is 22.1. The summed E-state index contributed by atoms with van der Waals surface area (Å²) in [6, 6.07) is 12.3. The van der Waals surface area contributed by atoms with Crippen LogP contribution in [0.2, 0.25) is 0 Å². The average molecular weight is 593 g/mol. The first-order valence-corrected chi connectivity index (χ1v) is 12.2. The Bertz CT molecular complexity index is 1230. The van der Waals surface area contributed by atoms with Crippen molar-refractivity contribution in [1.82, 2.24) is 19.9 Å². The van der Waals surface area contributed by atoms with E-state index in [1.807, 2.05) is 0 Å². The maximum absolute atomic E-state index is 12.8. The van der Waals surface area contributed by atoms with E-state index < -0.39 is 55.7 Å². The molecule has 0 radical (unpaired) electrons. The molecule has 0 saturated heterocycles. The van der Waals surface area contributed by atoms with Gasteiger partial charge in [0, 0.05) is 49.6 Å². The second-order valence-electron chi connectivity index (χ2n) is 8.77. The molecule has 0 saturated carbocycles. The second-order valence-corrected chi connectivity index (χ2v) is 8.77. The van der Waals surface area contributed by atoms with Crippen LogP contribution in [0.15, 0.2) is 98.1 Å². The SMILES string of the molecule is Cl.O=C(OCC(COC(=O)c1cccnc1)(COC(=O)c1cccnc1)COC(=O)c1cccnc1)c1cccnc1. The van der Waals surface area contributed by atoms with Crippen molar-refractivity contribution in [2.45, 2.75) is 0 Å². The van der Waals surface area contributed by atoms with Gasteiger partial charge in [-0.15, -0.1) is 12.4 Å². The summed E-state index contributed by atoms with van der Waals surface area (Å²) in [7, 11) is 0. The molecule has 0 aliphatic carbocycles. The zero-order chi connectivity index (χ0) is 28.9. The fourth-order valence-electron chi connectivity index (χ4n) is 3.39. The number of halogens is 1. The van der Waals surface area contributed by atoms with Crippen LogP contribution in [0.3, 0.4) is 0 Å². The summed E-state index contributed by atoms with van der Waals surface area (Å²) in [5.74, 6) is -2.95. The molecule has 0 atom stereocenters. The van der Waals surface area contributed by atoms with Crippen molar-refractivity contribution < 1.29 is 38.1 Å². The molecule has 4 heterocycles. The van der Waals surface area contributed by atoms with Crippen molar-refractivity contribution in [2.24, 2.45) is 5.41 Å². The number of carbonyl (C=O) groups is 4. The van der Waals surface area contributed by atoms with Crippen LogP contribution in [0.4, 0.5) is 0 Å². The van der Waals surface area contributed by atoms with Gasteiger partial charge in [0.25, 0.3) is 0 Å². The van der Waals surface area contributed by atoms with Crippen molar-refractivity contribution >= 4 is 36.3 Å². The van der Waals surface area contributed by atoms with Gasteiger partial charge >= 0.3 is 23.9 Å². The van der Waals surface area contributed by atoms with Gasteiger partial charge in [-0.3, -0.25) is 19.9 Å². The standard InChI is InChI=1S/C29H24N4O8.ClH/c34-25(21-5-1-9-30-13-21)38-17-29(18-39-26(35)22-6-2-10-31-14-22,19-40-27(36)23-7-3-11-32-15-23)20-41-28(37)24-8-4-12-33-16-24;/h1-16H,17-20H2;1H. The normalized spacial score (nSPS) is 10.5. The monoisotopic (exact) mass is 592 g/mol. The lowest BCUT2D eigenvalue weighted by atomic mass is 9.92. The van der Waals surface area contributed by atoms with Gasteiger partial charge in [0.2, 0.25) is 0 Å². The fraction of sp³-hybridized carbons (Fsp3) is 0.172. The Morgan fingerprint density at radius 2 is 0.714 bits per heavy atom. The van der Waals surface area contributed by atoms with Crippen LogP contribution in [0.5, 0.6) is 0 Å². The highest BCUT2D eigenvalue weighted by molar-refractivity contribution is 5.90. The quantitative estimate of drug-likeness (QED) is 0.175. The lowest BCUT2D eigenvalue weighted by Crippen LogP contribution is -2.44. The van der Waals surface area contributed by atoms with E-state index in [0.717, 1.165) is 0 Å². The number of hydrogen-bond donors (Lipinski definition) is 0. The molecule has 4 aromatic heterocycles. The van der Waals surface area contributed by atoms with E-state index in [-0.39, 0.29) is 34.7 Å². The Balaban J connectivity index is 0.00000484. The fourth-order valence-corrected chi connectivity index (χ4v) is 3.39. The minimum absolute atomic E-state index is 0. The summed E-state index contributed by atoms with van der Waals surface area (Å²) in [6.07, 6.45) is 11.2.